The maximum absolute atomic E-state index is 12.2. The van der Waals surface area contributed by atoms with E-state index in [0.29, 0.717) is 22.5 Å². The minimum absolute atomic E-state index is 0.142. The highest BCUT2D eigenvalue weighted by Crippen LogP contribution is 2.42. The van der Waals surface area contributed by atoms with Crippen molar-refractivity contribution < 1.29 is 14.3 Å². The number of carbonyl (C=O) groups is 1. The predicted molar refractivity (Wildman–Crippen MR) is 91.5 cm³/mol. The lowest BCUT2D eigenvalue weighted by Gasteiger charge is -2.11. The number of amides is 1. The number of anilines is 1. The van der Waals surface area contributed by atoms with Crippen LogP contribution in [-0.2, 0) is 11.2 Å². The summed E-state index contributed by atoms with van der Waals surface area (Å²) in [5, 5.41) is 12.5. The number of rotatable bonds is 6. The molecule has 3 rings (SSSR count). The minimum atomic E-state index is -0.142. The fourth-order valence-electron chi connectivity index (χ4n) is 2.15. The number of benzene rings is 1. The van der Waals surface area contributed by atoms with Crippen molar-refractivity contribution in [2.24, 2.45) is 0 Å². The Morgan fingerprint density at radius 3 is 2.65 bits per heavy atom. The van der Waals surface area contributed by atoms with Crippen LogP contribution in [0, 0.1) is 0 Å². The van der Waals surface area contributed by atoms with E-state index in [9.17, 15) is 4.79 Å². The molecule has 23 heavy (non-hydrogen) atoms. The van der Waals surface area contributed by atoms with Crippen molar-refractivity contribution in [2.45, 2.75) is 25.2 Å². The average molecular weight is 398 g/mol. The van der Waals surface area contributed by atoms with Gasteiger partial charge in [-0.05, 0) is 30.5 Å². The Balaban J connectivity index is 1.69. The summed E-state index contributed by atoms with van der Waals surface area (Å²) in [5.41, 5.74) is 0.812. The largest absolute Gasteiger partial charge is 0.493 e. The van der Waals surface area contributed by atoms with Crippen molar-refractivity contribution in [2.75, 3.05) is 19.5 Å². The average Bonchev–Trinajstić information content (AvgIpc) is 3.29. The molecule has 1 fully saturated rings. The molecule has 0 bridgehead atoms. The van der Waals surface area contributed by atoms with Gasteiger partial charge in [-0.25, -0.2) is 0 Å². The Kier molecular flexibility index (Phi) is 4.82. The smallest absolute Gasteiger partial charge is 0.230 e. The third kappa shape index (κ3) is 3.81. The molecule has 1 amide bonds. The molecule has 6 nitrogen and oxygen atoms in total. The highest BCUT2D eigenvalue weighted by molar-refractivity contribution is 9.10. The number of methoxy groups -OCH3 is 2. The lowest BCUT2D eigenvalue weighted by Crippen LogP contribution is -2.14. The lowest BCUT2D eigenvalue weighted by atomic mass is 10.1. The molecule has 0 radical (unpaired) electrons. The van der Waals surface area contributed by atoms with Gasteiger partial charge in [0.1, 0.15) is 5.01 Å². The van der Waals surface area contributed by atoms with E-state index in [2.05, 4.69) is 31.4 Å². The number of nitrogens with one attached hydrogen (secondary N) is 1. The quantitative estimate of drug-likeness (QED) is 0.808. The fourth-order valence-corrected chi connectivity index (χ4v) is 3.54. The van der Waals surface area contributed by atoms with Gasteiger partial charge in [0.2, 0.25) is 11.0 Å². The number of carbonyl (C=O) groups excluding carboxylic acids is 1. The van der Waals surface area contributed by atoms with Gasteiger partial charge < -0.3 is 14.8 Å². The van der Waals surface area contributed by atoms with Gasteiger partial charge in [0, 0.05) is 10.4 Å². The van der Waals surface area contributed by atoms with Gasteiger partial charge in [-0.15, -0.1) is 10.2 Å². The minimum Gasteiger partial charge on any atom is -0.493 e. The van der Waals surface area contributed by atoms with Crippen LogP contribution >= 0.6 is 27.3 Å². The number of nitrogens with zero attached hydrogens (tertiary/aromatic N) is 2. The highest BCUT2D eigenvalue weighted by atomic mass is 79.9. The second kappa shape index (κ2) is 6.84. The van der Waals surface area contributed by atoms with Gasteiger partial charge in [0.05, 0.1) is 20.6 Å². The molecule has 1 N–H and O–H groups in total. The van der Waals surface area contributed by atoms with Crippen LogP contribution in [0.3, 0.4) is 0 Å². The summed E-state index contributed by atoms with van der Waals surface area (Å²) in [6.07, 6.45) is 2.54. The SMILES string of the molecule is COc1cc(Br)c(CC(=O)Nc2nnc(C3CC3)s2)cc1OC. The Labute approximate surface area is 146 Å². The van der Waals surface area contributed by atoms with E-state index in [0.717, 1.165) is 15.0 Å². The van der Waals surface area contributed by atoms with E-state index < -0.39 is 0 Å². The summed E-state index contributed by atoms with van der Waals surface area (Å²) < 4.78 is 11.3. The van der Waals surface area contributed by atoms with Gasteiger partial charge in [-0.1, -0.05) is 27.3 Å². The standard InChI is InChI=1S/C15H16BrN3O3S/c1-21-11-5-9(10(16)7-12(11)22-2)6-13(20)17-15-19-18-14(23-15)8-3-4-8/h5,7-8H,3-4,6H2,1-2H3,(H,17,19,20). The van der Waals surface area contributed by atoms with Crippen LogP contribution in [0.1, 0.15) is 29.3 Å². The van der Waals surface area contributed by atoms with Gasteiger partial charge in [-0.2, -0.15) is 0 Å². The molecule has 2 aromatic rings. The summed E-state index contributed by atoms with van der Waals surface area (Å²) in [6, 6.07) is 3.58. The third-order valence-corrected chi connectivity index (χ3v) is 5.26. The second-order valence-corrected chi connectivity index (χ2v) is 7.11. The zero-order valence-corrected chi connectivity index (χ0v) is 15.2. The summed E-state index contributed by atoms with van der Waals surface area (Å²) >= 11 is 4.91. The van der Waals surface area contributed by atoms with Crippen molar-refractivity contribution in [3.63, 3.8) is 0 Å². The monoisotopic (exact) mass is 397 g/mol. The van der Waals surface area contributed by atoms with Crippen LogP contribution in [0.25, 0.3) is 0 Å². The van der Waals surface area contributed by atoms with Crippen LogP contribution in [0.2, 0.25) is 0 Å². The first kappa shape index (κ1) is 16.2. The van der Waals surface area contributed by atoms with Crippen molar-refractivity contribution in [1.29, 1.82) is 0 Å². The normalized spacial score (nSPS) is 13.7. The molecule has 1 heterocycles. The van der Waals surface area contributed by atoms with Gasteiger partial charge in [-0.3, -0.25) is 4.79 Å². The van der Waals surface area contributed by atoms with Gasteiger partial charge in [0.25, 0.3) is 0 Å². The van der Waals surface area contributed by atoms with Crippen LogP contribution < -0.4 is 14.8 Å². The number of halogens is 1. The number of hydrogen-bond acceptors (Lipinski definition) is 6. The summed E-state index contributed by atoms with van der Waals surface area (Å²) in [4.78, 5) is 12.2. The Bertz CT molecular complexity index is 731. The van der Waals surface area contributed by atoms with Crippen molar-refractivity contribution in [1.82, 2.24) is 10.2 Å². The van der Waals surface area contributed by atoms with E-state index in [1.165, 1.54) is 24.2 Å². The number of aromatic nitrogens is 2. The lowest BCUT2D eigenvalue weighted by molar-refractivity contribution is -0.115. The molecule has 0 saturated heterocycles. The molecule has 122 valence electrons. The van der Waals surface area contributed by atoms with Crippen molar-refractivity contribution in [3.8, 4) is 11.5 Å². The van der Waals surface area contributed by atoms with Crippen LogP contribution in [0.4, 0.5) is 5.13 Å². The van der Waals surface area contributed by atoms with Crippen molar-refractivity contribution >= 4 is 38.3 Å². The summed E-state index contributed by atoms with van der Waals surface area (Å²) in [5.74, 6) is 1.60. The van der Waals surface area contributed by atoms with E-state index in [1.54, 1.807) is 26.4 Å². The Morgan fingerprint density at radius 2 is 2.00 bits per heavy atom. The molecule has 1 saturated carbocycles. The van der Waals surface area contributed by atoms with E-state index >= 15 is 0 Å². The van der Waals surface area contributed by atoms with E-state index in [-0.39, 0.29) is 12.3 Å². The molecule has 8 heteroatoms. The van der Waals surface area contributed by atoms with E-state index in [4.69, 9.17) is 9.47 Å². The van der Waals surface area contributed by atoms with Crippen LogP contribution in [0.15, 0.2) is 16.6 Å². The molecule has 0 unspecified atom stereocenters. The van der Waals surface area contributed by atoms with E-state index in [1.807, 2.05) is 0 Å². The molecule has 0 spiro atoms. The second-order valence-electron chi connectivity index (χ2n) is 5.24. The van der Waals surface area contributed by atoms with Crippen LogP contribution in [0.5, 0.6) is 11.5 Å². The third-order valence-electron chi connectivity index (χ3n) is 3.52. The molecule has 1 aromatic carbocycles. The maximum Gasteiger partial charge on any atom is 0.230 e. The first-order chi connectivity index (χ1) is 11.1. The highest BCUT2D eigenvalue weighted by Gasteiger charge is 2.27. The molecular weight excluding hydrogens is 382 g/mol. The van der Waals surface area contributed by atoms with Gasteiger partial charge >= 0.3 is 0 Å². The molecular formula is C15H16BrN3O3S. The zero-order valence-electron chi connectivity index (χ0n) is 12.8. The fraction of sp³-hybridized carbons (Fsp3) is 0.400. The maximum atomic E-state index is 12.2. The van der Waals surface area contributed by atoms with Gasteiger partial charge in [0.15, 0.2) is 11.5 Å². The molecule has 1 aromatic heterocycles. The number of hydrogen-bond donors (Lipinski definition) is 1. The van der Waals surface area contributed by atoms with Crippen LogP contribution in [-0.4, -0.2) is 30.3 Å². The molecule has 1 aliphatic rings. The first-order valence-electron chi connectivity index (χ1n) is 7.14. The van der Waals surface area contributed by atoms with Crippen molar-refractivity contribution in [3.05, 3.63) is 27.2 Å². The topological polar surface area (TPSA) is 73.3 Å². The zero-order chi connectivity index (χ0) is 16.4. The Hall–Kier alpha value is -1.67. The predicted octanol–water partition coefficient (Wildman–Crippen LogP) is 3.38. The molecule has 1 aliphatic carbocycles. The molecule has 0 atom stereocenters. The first-order valence-corrected chi connectivity index (χ1v) is 8.75. The number of ether oxygens (including phenoxy) is 2. The Morgan fingerprint density at radius 1 is 1.30 bits per heavy atom. The summed E-state index contributed by atoms with van der Waals surface area (Å²) in [7, 11) is 3.14. The summed E-state index contributed by atoms with van der Waals surface area (Å²) in [6.45, 7) is 0. The molecule has 0 aliphatic heterocycles.